The molecule has 0 aliphatic rings. The highest BCUT2D eigenvalue weighted by molar-refractivity contribution is 6.24. The lowest BCUT2D eigenvalue weighted by Gasteiger charge is -2.18. The maximum Gasteiger partial charge on any atom is 0.143 e. The molecule has 0 amide bonds. The highest BCUT2D eigenvalue weighted by atomic mass is 16.3. The molecular weight excluding hydrogens is 593 g/mol. The number of benzene rings is 9. The summed E-state index contributed by atoms with van der Waals surface area (Å²) in [5.41, 5.74) is -7.66. The maximum atomic E-state index is 9.56. The Labute approximate surface area is 326 Å². The third kappa shape index (κ3) is 4.47. The lowest BCUT2D eigenvalue weighted by Crippen LogP contribution is -1.91. The smallest absolute Gasteiger partial charge is 0.143 e. The summed E-state index contributed by atoms with van der Waals surface area (Å²) in [5, 5.41) is -5.44. The topological polar surface area (TPSA) is 13.1 Å². The molecule has 1 heteroatoms. The van der Waals surface area contributed by atoms with Gasteiger partial charge in [0, 0.05) is 21.9 Å². The van der Waals surface area contributed by atoms with Crippen molar-refractivity contribution in [1.29, 1.82) is 0 Å². The molecule has 9 aromatic carbocycles. The van der Waals surface area contributed by atoms with Crippen LogP contribution in [0.2, 0.25) is 0 Å². The summed E-state index contributed by atoms with van der Waals surface area (Å²) in [6.07, 6.45) is 0. The molecule has 0 bridgehead atoms. The van der Waals surface area contributed by atoms with Gasteiger partial charge in [-0.25, -0.2) is 0 Å². The fourth-order valence-corrected chi connectivity index (χ4v) is 5.69. The summed E-state index contributed by atoms with van der Waals surface area (Å²) in [6.45, 7) is 0. The molecule has 0 aliphatic carbocycles. The SMILES string of the molecule is [2H]c1c([2H])c([2H])c(-c2c([2H])c([2H])c3oc4c(-c5c6c([2H])c([2H])c([2H])c([2H])c6c(-c6c([2H])c([2H])c(-c7c([2H])c([2H])c8c([2H])c([2H])c([2H])c([2H])c8c7[2H])c([2H])c6[2H])c6c([2H])c([2H])c([2H])c([2H])c56)c([2H])c([2H])c([2H])c4c3c2[2H])c([2H])c1[2H]. The van der Waals surface area contributed by atoms with Gasteiger partial charge in [0.1, 0.15) is 11.2 Å². The van der Waals surface area contributed by atoms with Crippen LogP contribution in [0.15, 0.2) is 186 Å². The van der Waals surface area contributed by atoms with Gasteiger partial charge in [0.25, 0.3) is 0 Å². The summed E-state index contributed by atoms with van der Waals surface area (Å²) in [5.74, 6) is 0. The molecule has 0 radical (unpaired) electrons. The second kappa shape index (κ2) is 11.1. The highest BCUT2D eigenvalue weighted by Gasteiger charge is 2.20. The van der Waals surface area contributed by atoms with E-state index in [0.717, 1.165) is 0 Å². The summed E-state index contributed by atoms with van der Waals surface area (Å²) in [6, 6.07) is -28.5. The first-order valence-corrected chi connectivity index (χ1v) is 14.4. The first-order chi connectivity index (χ1) is 36.8. The van der Waals surface area contributed by atoms with Gasteiger partial charge in [-0.2, -0.15) is 0 Å². The minimum absolute atomic E-state index is 0.553. The van der Waals surface area contributed by atoms with Gasteiger partial charge in [0.15, 0.2) is 0 Å². The Hall–Kier alpha value is -6.44. The van der Waals surface area contributed by atoms with Crippen molar-refractivity contribution in [3.8, 4) is 44.5 Å². The maximum absolute atomic E-state index is 9.56. The fraction of sp³-hybridized carbons (Fsp3) is 0. The Balaban J connectivity index is 1.43. The molecule has 0 spiro atoms. The molecule has 49 heavy (non-hydrogen) atoms. The Morgan fingerprint density at radius 3 is 1.59 bits per heavy atom. The van der Waals surface area contributed by atoms with Crippen LogP contribution < -0.4 is 0 Å². The molecule has 10 rings (SSSR count). The van der Waals surface area contributed by atoms with Crippen LogP contribution in [-0.2, 0) is 0 Å². The van der Waals surface area contributed by atoms with Gasteiger partial charge >= 0.3 is 0 Å². The van der Waals surface area contributed by atoms with Crippen molar-refractivity contribution >= 4 is 54.3 Å². The first-order valence-electron chi connectivity index (χ1n) is 29.4. The van der Waals surface area contributed by atoms with E-state index in [1.54, 1.807) is 0 Å². The van der Waals surface area contributed by atoms with E-state index >= 15 is 0 Å². The van der Waals surface area contributed by atoms with Gasteiger partial charge in [-0.1, -0.05) is 163 Å². The molecule has 1 aromatic heterocycles. The van der Waals surface area contributed by atoms with Crippen LogP contribution in [-0.4, -0.2) is 0 Å². The third-order valence-electron chi connectivity index (χ3n) is 7.81. The van der Waals surface area contributed by atoms with E-state index in [2.05, 4.69) is 0 Å². The molecule has 0 unspecified atom stereocenters. The van der Waals surface area contributed by atoms with Crippen molar-refractivity contribution in [2.75, 3.05) is 0 Å². The monoisotopic (exact) mass is 652 g/mol. The van der Waals surface area contributed by atoms with E-state index in [-0.39, 0.29) is 0 Å². The van der Waals surface area contributed by atoms with Crippen LogP contribution in [0.5, 0.6) is 0 Å². The van der Waals surface area contributed by atoms with Gasteiger partial charge in [-0.15, -0.1) is 0 Å². The lowest BCUT2D eigenvalue weighted by molar-refractivity contribution is 0.670. The lowest BCUT2D eigenvalue weighted by atomic mass is 9.85. The molecular formula is C48H30O. The van der Waals surface area contributed by atoms with E-state index in [9.17, 15) is 15.1 Å². The number of hydrogen-bond acceptors (Lipinski definition) is 1. The second-order valence-electron chi connectivity index (χ2n) is 10.5. The molecule has 228 valence electrons. The zero-order chi connectivity index (χ0) is 58.4. The Morgan fingerprint density at radius 2 is 0.857 bits per heavy atom. The van der Waals surface area contributed by atoms with Gasteiger partial charge in [-0.05, 0) is 83.8 Å². The van der Waals surface area contributed by atoms with Crippen molar-refractivity contribution in [3.05, 3.63) is 181 Å². The molecule has 0 saturated carbocycles. The largest absolute Gasteiger partial charge is 0.455 e. The minimum Gasteiger partial charge on any atom is -0.455 e. The number of para-hydroxylation sites is 1. The van der Waals surface area contributed by atoms with Gasteiger partial charge in [0.05, 0.1) is 41.1 Å². The predicted molar refractivity (Wildman–Crippen MR) is 208 cm³/mol. The Morgan fingerprint density at radius 1 is 0.327 bits per heavy atom. The molecule has 0 saturated heterocycles. The zero-order valence-electron chi connectivity index (χ0n) is 54.4. The first kappa shape index (κ1) is 11.1. The summed E-state index contributed by atoms with van der Waals surface area (Å²) < 4.78 is 275. The number of furan rings is 1. The van der Waals surface area contributed by atoms with Crippen molar-refractivity contribution in [2.24, 2.45) is 0 Å². The van der Waals surface area contributed by atoms with E-state index in [4.69, 9.17) is 30.5 Å². The van der Waals surface area contributed by atoms with Crippen molar-refractivity contribution in [3.63, 3.8) is 0 Å². The average Bonchev–Trinajstić information content (AvgIpc) is 4.06. The molecule has 0 aliphatic heterocycles. The summed E-state index contributed by atoms with van der Waals surface area (Å²) in [4.78, 5) is 0. The van der Waals surface area contributed by atoms with Crippen molar-refractivity contribution < 1.29 is 45.5 Å². The molecule has 0 atom stereocenters. The predicted octanol–water partition coefficient (Wildman–Crippen LogP) is 13.7. The number of rotatable bonds is 4. The van der Waals surface area contributed by atoms with Gasteiger partial charge in [-0.3, -0.25) is 0 Å². The highest BCUT2D eigenvalue weighted by Crippen LogP contribution is 2.47. The fourth-order valence-electron chi connectivity index (χ4n) is 5.69. The van der Waals surface area contributed by atoms with E-state index in [1.807, 2.05) is 0 Å². The van der Waals surface area contributed by atoms with Crippen molar-refractivity contribution in [1.82, 2.24) is 0 Å². The summed E-state index contributed by atoms with van der Waals surface area (Å²) >= 11 is 0. The Bertz CT molecular complexity index is 4460. The van der Waals surface area contributed by atoms with E-state index < -0.39 is 280 Å². The number of fused-ring (bicyclic) bond motifs is 6. The van der Waals surface area contributed by atoms with Crippen LogP contribution in [0.3, 0.4) is 0 Å². The quantitative estimate of drug-likeness (QED) is 0.172. The normalized spacial score (nSPS) is 20.2. The van der Waals surface area contributed by atoms with Crippen LogP contribution in [0.25, 0.3) is 98.8 Å². The van der Waals surface area contributed by atoms with Gasteiger partial charge in [0.2, 0.25) is 0 Å². The second-order valence-corrected chi connectivity index (χ2v) is 10.5. The average molecular weight is 653 g/mol. The standard InChI is InChI=1S/C48H30O/c1-2-11-31(12-3-1)37-27-28-45-44(30-37)42-19-10-20-43(48(42)49-45)47-40-17-8-6-15-38(40)46(39-16-7-9-18-41(39)47)34-24-21-33(22-25-34)36-26-23-32-13-4-5-14-35(32)29-36/h1-30H/i1D,2D,3D,4D,5D,6D,7D,8D,9D,10D,11D,12D,13D,14D,15D,16D,17D,18D,19D,20D,21D,22D,23D,24D,25D,26D,27D,28D,29D,30D. The van der Waals surface area contributed by atoms with Crippen LogP contribution in [0, 0.1) is 0 Å². The zero-order valence-corrected chi connectivity index (χ0v) is 24.4. The molecule has 1 nitrogen and oxygen atoms in total. The van der Waals surface area contributed by atoms with E-state index in [0.29, 0.717) is 0 Å². The third-order valence-corrected chi connectivity index (χ3v) is 7.81. The molecule has 1 heterocycles. The van der Waals surface area contributed by atoms with Crippen molar-refractivity contribution in [2.45, 2.75) is 0 Å². The molecule has 0 fully saturated rings. The molecule has 0 N–H and O–H groups in total. The van der Waals surface area contributed by atoms with Gasteiger partial charge < -0.3 is 4.42 Å². The number of hydrogen-bond donors (Lipinski definition) is 0. The Kier molecular flexibility index (Phi) is 2.50. The van der Waals surface area contributed by atoms with Crippen LogP contribution >= 0.6 is 0 Å². The molecule has 10 aromatic rings. The van der Waals surface area contributed by atoms with Crippen LogP contribution in [0.4, 0.5) is 0 Å². The minimum atomic E-state index is -1.12. The van der Waals surface area contributed by atoms with Crippen LogP contribution in [0.1, 0.15) is 41.1 Å². The summed E-state index contributed by atoms with van der Waals surface area (Å²) in [7, 11) is 0. The van der Waals surface area contributed by atoms with E-state index in [1.165, 1.54) is 0 Å².